The summed E-state index contributed by atoms with van der Waals surface area (Å²) in [6, 6.07) is 4.02. The van der Waals surface area contributed by atoms with E-state index in [1.807, 2.05) is 0 Å². The number of rotatable bonds is 6. The maximum atomic E-state index is 13.0. The van der Waals surface area contributed by atoms with Crippen LogP contribution in [0.2, 0.25) is 0 Å². The predicted octanol–water partition coefficient (Wildman–Crippen LogP) is 2.07. The van der Waals surface area contributed by atoms with Crippen molar-refractivity contribution in [1.82, 2.24) is 0 Å². The minimum absolute atomic E-state index is 0.0446. The molecule has 0 aromatic heterocycles. The van der Waals surface area contributed by atoms with Crippen molar-refractivity contribution >= 4 is 29.5 Å². The zero-order valence-electron chi connectivity index (χ0n) is 18.1. The van der Waals surface area contributed by atoms with Crippen LogP contribution in [0.4, 0.5) is 5.69 Å². The van der Waals surface area contributed by atoms with Gasteiger partial charge >= 0.3 is 17.9 Å². The van der Waals surface area contributed by atoms with Gasteiger partial charge in [0.2, 0.25) is 0 Å². The molecular formula is C23H27NO8. The molecule has 0 radical (unpaired) electrons. The first kappa shape index (κ1) is 22.3. The van der Waals surface area contributed by atoms with Gasteiger partial charge in [-0.25, -0.2) is 9.59 Å². The second kappa shape index (κ2) is 8.20. The zero-order valence-corrected chi connectivity index (χ0v) is 18.1. The molecule has 5 rings (SSSR count). The highest BCUT2D eigenvalue weighted by molar-refractivity contribution is 6.04. The van der Waals surface area contributed by atoms with Gasteiger partial charge in [-0.3, -0.25) is 9.59 Å². The maximum absolute atomic E-state index is 13.0. The number of carbonyl (C=O) groups excluding carboxylic acids is 4. The average molecular weight is 445 g/mol. The Labute approximate surface area is 185 Å². The highest BCUT2D eigenvalue weighted by atomic mass is 16.5. The van der Waals surface area contributed by atoms with Crippen molar-refractivity contribution in [2.24, 2.45) is 17.3 Å². The van der Waals surface area contributed by atoms with E-state index in [1.54, 1.807) is 0 Å². The van der Waals surface area contributed by atoms with Crippen LogP contribution >= 0.6 is 0 Å². The fourth-order valence-electron chi connectivity index (χ4n) is 6.10. The number of esters is 3. The number of amides is 1. The van der Waals surface area contributed by atoms with Crippen LogP contribution < -0.4 is 5.32 Å². The van der Waals surface area contributed by atoms with Crippen molar-refractivity contribution in [2.45, 2.75) is 44.1 Å². The lowest BCUT2D eigenvalue weighted by Gasteiger charge is -2.58. The number of aliphatic hydroxyl groups is 1. The van der Waals surface area contributed by atoms with E-state index in [0.717, 1.165) is 19.3 Å². The fraction of sp³-hybridized carbons (Fsp3) is 0.565. The number of methoxy groups -OCH3 is 2. The Morgan fingerprint density at radius 3 is 2.28 bits per heavy atom. The molecule has 0 heterocycles. The van der Waals surface area contributed by atoms with Gasteiger partial charge < -0.3 is 24.6 Å². The minimum Gasteiger partial charge on any atom is -0.465 e. The van der Waals surface area contributed by atoms with E-state index in [-0.39, 0.29) is 16.8 Å². The fourth-order valence-corrected chi connectivity index (χ4v) is 6.10. The second-order valence-electron chi connectivity index (χ2n) is 9.33. The van der Waals surface area contributed by atoms with Crippen LogP contribution in [0.15, 0.2) is 18.2 Å². The molecule has 9 nitrogen and oxygen atoms in total. The third-order valence-corrected chi connectivity index (χ3v) is 6.92. The molecule has 1 aromatic rings. The van der Waals surface area contributed by atoms with Gasteiger partial charge in [0.15, 0.2) is 6.61 Å². The molecule has 0 aliphatic heterocycles. The lowest BCUT2D eigenvalue weighted by Crippen LogP contribution is -2.58. The number of carbonyl (C=O) groups is 4. The van der Waals surface area contributed by atoms with Crippen molar-refractivity contribution in [3.05, 3.63) is 29.3 Å². The summed E-state index contributed by atoms with van der Waals surface area (Å²) < 4.78 is 14.7. The van der Waals surface area contributed by atoms with Crippen LogP contribution in [0.25, 0.3) is 0 Å². The molecular weight excluding hydrogens is 418 g/mol. The van der Waals surface area contributed by atoms with Gasteiger partial charge in [0.1, 0.15) is 0 Å². The van der Waals surface area contributed by atoms with Crippen LogP contribution in [0, 0.1) is 17.3 Å². The molecule has 4 fully saturated rings. The van der Waals surface area contributed by atoms with E-state index in [4.69, 9.17) is 9.47 Å². The lowest BCUT2D eigenvalue weighted by atomic mass is 9.48. The molecule has 0 unspecified atom stereocenters. The number of hydrogen-bond acceptors (Lipinski definition) is 8. The molecule has 2 N–H and O–H groups in total. The molecule has 4 aliphatic carbocycles. The molecule has 0 spiro atoms. The SMILES string of the molecule is COC(=O)c1ccc(C(=O)OC)c(NC(=O)COC(=O)C23C[C@H]4C[C@@H](CC(O)(C4)C2)C3)c1. The van der Waals surface area contributed by atoms with E-state index in [1.165, 1.54) is 32.4 Å². The Morgan fingerprint density at radius 2 is 1.69 bits per heavy atom. The molecule has 0 saturated heterocycles. The monoisotopic (exact) mass is 445 g/mol. The number of hydrogen-bond donors (Lipinski definition) is 2. The van der Waals surface area contributed by atoms with Crippen molar-refractivity contribution in [1.29, 1.82) is 0 Å². The number of ether oxygens (including phenoxy) is 3. The summed E-state index contributed by atoms with van der Waals surface area (Å²) in [5, 5.41) is 13.3. The number of anilines is 1. The third-order valence-electron chi connectivity index (χ3n) is 6.92. The third kappa shape index (κ3) is 4.09. The number of nitrogens with one attached hydrogen (secondary N) is 1. The van der Waals surface area contributed by atoms with Crippen LogP contribution in [0.1, 0.15) is 59.2 Å². The van der Waals surface area contributed by atoms with E-state index in [2.05, 4.69) is 10.1 Å². The Kier molecular flexibility index (Phi) is 5.70. The molecule has 4 bridgehead atoms. The average Bonchev–Trinajstić information content (AvgIpc) is 2.74. The highest BCUT2D eigenvalue weighted by Crippen LogP contribution is 2.61. The van der Waals surface area contributed by atoms with E-state index in [0.29, 0.717) is 31.1 Å². The Hall–Kier alpha value is -2.94. The van der Waals surface area contributed by atoms with E-state index >= 15 is 0 Å². The van der Waals surface area contributed by atoms with Crippen LogP contribution in [-0.2, 0) is 23.8 Å². The first-order valence-corrected chi connectivity index (χ1v) is 10.7. The minimum atomic E-state index is -0.810. The maximum Gasteiger partial charge on any atom is 0.339 e. The summed E-state index contributed by atoms with van der Waals surface area (Å²) in [5.74, 6) is -1.83. The molecule has 4 aliphatic rings. The molecule has 172 valence electrons. The van der Waals surface area contributed by atoms with Crippen molar-refractivity contribution in [3.8, 4) is 0 Å². The van der Waals surface area contributed by atoms with Gasteiger partial charge in [-0.15, -0.1) is 0 Å². The highest BCUT2D eigenvalue weighted by Gasteiger charge is 2.60. The molecule has 32 heavy (non-hydrogen) atoms. The summed E-state index contributed by atoms with van der Waals surface area (Å²) in [5.41, 5.74) is -1.32. The number of benzene rings is 1. The molecule has 9 heteroatoms. The van der Waals surface area contributed by atoms with Gasteiger partial charge in [-0.2, -0.15) is 0 Å². The lowest BCUT2D eigenvalue weighted by molar-refractivity contribution is -0.196. The van der Waals surface area contributed by atoms with Crippen molar-refractivity contribution in [3.63, 3.8) is 0 Å². The predicted molar refractivity (Wildman–Crippen MR) is 111 cm³/mol. The standard InChI is InChI=1S/C23H27NO8/c1-30-19(26)15-3-4-16(20(27)31-2)17(6-15)24-18(25)11-32-21(28)22-7-13-5-14(8-22)10-23(29,9-13)12-22/h3-4,6,13-14,29H,5,7-12H2,1-2H3,(H,24,25)/t13-,14-,22?,23?/m1/s1. The molecule has 1 aromatic carbocycles. The first-order valence-electron chi connectivity index (χ1n) is 10.7. The topological polar surface area (TPSA) is 128 Å². The Bertz CT molecular complexity index is 957. The van der Waals surface area contributed by atoms with Gasteiger partial charge in [0.25, 0.3) is 5.91 Å². The van der Waals surface area contributed by atoms with Crippen molar-refractivity contribution < 1.29 is 38.5 Å². The van der Waals surface area contributed by atoms with E-state index in [9.17, 15) is 24.3 Å². The zero-order chi connectivity index (χ0) is 23.1. The normalized spacial score (nSPS) is 29.8. The molecule has 4 saturated carbocycles. The van der Waals surface area contributed by atoms with E-state index < -0.39 is 41.4 Å². The summed E-state index contributed by atoms with van der Waals surface area (Å²) in [7, 11) is 2.42. The van der Waals surface area contributed by atoms with Crippen LogP contribution in [-0.4, -0.2) is 55.3 Å². The van der Waals surface area contributed by atoms with Gasteiger partial charge in [-0.05, 0) is 68.6 Å². The summed E-state index contributed by atoms with van der Waals surface area (Å²) in [6.07, 6.45) is 4.23. The Balaban J connectivity index is 1.43. The summed E-state index contributed by atoms with van der Waals surface area (Å²) >= 11 is 0. The summed E-state index contributed by atoms with van der Waals surface area (Å²) in [6.45, 7) is -0.544. The Morgan fingerprint density at radius 1 is 1.03 bits per heavy atom. The largest absolute Gasteiger partial charge is 0.465 e. The van der Waals surface area contributed by atoms with Crippen LogP contribution in [0.5, 0.6) is 0 Å². The smallest absolute Gasteiger partial charge is 0.339 e. The molecule has 1 amide bonds. The van der Waals surface area contributed by atoms with Gasteiger partial charge in [-0.1, -0.05) is 0 Å². The quantitative estimate of drug-likeness (QED) is 0.503. The summed E-state index contributed by atoms with van der Waals surface area (Å²) in [4.78, 5) is 49.3. The molecule has 2 atom stereocenters. The van der Waals surface area contributed by atoms with Crippen LogP contribution in [0.3, 0.4) is 0 Å². The second-order valence-corrected chi connectivity index (χ2v) is 9.33. The van der Waals surface area contributed by atoms with Gasteiger partial charge in [0.05, 0.1) is 42.0 Å². The van der Waals surface area contributed by atoms with Crippen molar-refractivity contribution in [2.75, 3.05) is 26.1 Å². The van der Waals surface area contributed by atoms with Gasteiger partial charge in [0, 0.05) is 0 Å². The first-order chi connectivity index (χ1) is 15.2.